The van der Waals surface area contributed by atoms with Gasteiger partial charge in [0.25, 0.3) is 0 Å². The van der Waals surface area contributed by atoms with Gasteiger partial charge in [-0.15, -0.1) is 0 Å². The molecule has 220 valence electrons. The van der Waals surface area contributed by atoms with E-state index in [0.29, 0.717) is 12.2 Å². The summed E-state index contributed by atoms with van der Waals surface area (Å²) in [5, 5.41) is 14.4. The highest BCUT2D eigenvalue weighted by molar-refractivity contribution is 6.62. The highest BCUT2D eigenvalue weighted by Crippen LogP contribution is 2.38. The monoisotopic (exact) mass is 571 g/mol. The zero-order valence-electron chi connectivity index (χ0n) is 25.2. The molecular weight excluding hydrogens is 533 g/mol. The summed E-state index contributed by atoms with van der Waals surface area (Å²) < 4.78 is 17.2. The molecule has 0 radical (unpaired) electrons. The van der Waals surface area contributed by atoms with E-state index in [1.165, 1.54) is 7.11 Å². The fourth-order valence-corrected chi connectivity index (χ4v) is 5.52. The average Bonchev–Trinajstić information content (AvgIpc) is 3.66. The quantitative estimate of drug-likeness (QED) is 0.422. The number of fused-ring (bicyclic) bond motifs is 1. The SMILES string of the molecule is COC(=O)N[C@@H](C(=O)N1C[C@H](C#N)C[C@@H]1c1ncc(-c2ccc3cc(B4OC(C)(C)C(C)(C)O4)ccc3c2)[nH]1)C(C)C. The molecule has 2 aromatic carbocycles. The number of H-pyrrole nitrogens is 1. The standard InChI is InChI=1S/C31H38BN5O5/c1-18(2)26(36-29(39)40-7)28(38)37-17-19(15-33)12-25(37)27-34-16-24(35-27)22-9-8-21-14-23(11-10-20(21)13-22)32-41-30(3,4)31(5,6)42-32/h8-11,13-14,16,18-19,25-26H,12,17H2,1-7H3,(H,34,35)(H,36,39)/t19-,25+,26+/m0/s1. The van der Waals surface area contributed by atoms with Gasteiger partial charge in [-0.2, -0.15) is 5.26 Å². The number of aromatic nitrogens is 2. The third-order valence-electron chi connectivity index (χ3n) is 8.77. The first-order chi connectivity index (χ1) is 19.8. The topological polar surface area (TPSA) is 130 Å². The first-order valence-corrected chi connectivity index (χ1v) is 14.3. The predicted molar refractivity (Wildman–Crippen MR) is 160 cm³/mol. The third kappa shape index (κ3) is 5.49. The van der Waals surface area contributed by atoms with Crippen LogP contribution in [0.4, 0.5) is 4.79 Å². The van der Waals surface area contributed by atoms with Crippen molar-refractivity contribution in [2.45, 2.75) is 71.2 Å². The summed E-state index contributed by atoms with van der Waals surface area (Å²) in [5.41, 5.74) is 1.91. The van der Waals surface area contributed by atoms with Crippen molar-refractivity contribution in [1.29, 1.82) is 5.26 Å². The van der Waals surface area contributed by atoms with Crippen LogP contribution in [0, 0.1) is 23.2 Å². The van der Waals surface area contributed by atoms with Crippen molar-refractivity contribution < 1.29 is 23.6 Å². The summed E-state index contributed by atoms with van der Waals surface area (Å²) in [4.78, 5) is 35.2. The second kappa shape index (κ2) is 11.1. The largest absolute Gasteiger partial charge is 0.494 e. The fourth-order valence-electron chi connectivity index (χ4n) is 5.52. The Morgan fingerprint density at radius 1 is 1.14 bits per heavy atom. The summed E-state index contributed by atoms with van der Waals surface area (Å²) in [5.74, 6) is -0.168. The summed E-state index contributed by atoms with van der Waals surface area (Å²) in [6, 6.07) is 13.5. The molecule has 2 saturated heterocycles. The van der Waals surface area contributed by atoms with Gasteiger partial charge in [0.1, 0.15) is 11.9 Å². The van der Waals surface area contributed by atoms with Crippen molar-refractivity contribution in [3.63, 3.8) is 0 Å². The average molecular weight is 571 g/mol. The van der Waals surface area contributed by atoms with E-state index in [9.17, 15) is 14.9 Å². The van der Waals surface area contributed by atoms with E-state index in [2.05, 4.69) is 45.6 Å². The van der Waals surface area contributed by atoms with Crippen molar-refractivity contribution in [2.75, 3.05) is 13.7 Å². The minimum absolute atomic E-state index is 0.173. The van der Waals surface area contributed by atoms with Crippen molar-refractivity contribution >= 4 is 35.4 Å². The number of amides is 2. The van der Waals surface area contributed by atoms with Crippen LogP contribution in [0.25, 0.3) is 22.0 Å². The van der Waals surface area contributed by atoms with Gasteiger partial charge in [0.2, 0.25) is 5.91 Å². The minimum Gasteiger partial charge on any atom is -0.453 e. The van der Waals surface area contributed by atoms with Crippen molar-refractivity contribution in [3.05, 3.63) is 48.4 Å². The molecule has 2 aliphatic heterocycles. The highest BCUT2D eigenvalue weighted by Gasteiger charge is 2.51. The van der Waals surface area contributed by atoms with Crippen LogP contribution in [-0.2, 0) is 18.8 Å². The molecule has 0 aliphatic carbocycles. The van der Waals surface area contributed by atoms with Crippen molar-refractivity contribution in [3.8, 4) is 17.3 Å². The van der Waals surface area contributed by atoms with Gasteiger partial charge in [0, 0.05) is 12.1 Å². The maximum absolute atomic E-state index is 13.6. The second-order valence-corrected chi connectivity index (χ2v) is 12.5. The Balaban J connectivity index is 1.38. The Kier molecular flexibility index (Phi) is 7.81. The molecule has 0 bridgehead atoms. The van der Waals surface area contributed by atoms with Crippen LogP contribution < -0.4 is 10.8 Å². The van der Waals surface area contributed by atoms with E-state index >= 15 is 0 Å². The Hall–Kier alpha value is -3.88. The molecule has 5 rings (SSSR count). The number of carbonyl (C=O) groups is 2. The van der Waals surface area contributed by atoms with Gasteiger partial charge in [0.15, 0.2) is 0 Å². The molecule has 2 fully saturated rings. The first-order valence-electron chi connectivity index (χ1n) is 14.3. The second-order valence-electron chi connectivity index (χ2n) is 12.5. The Labute approximate surface area is 246 Å². The lowest BCUT2D eigenvalue weighted by atomic mass is 9.78. The molecule has 0 saturated carbocycles. The summed E-state index contributed by atoms with van der Waals surface area (Å²) >= 11 is 0. The molecule has 2 amide bonds. The number of nitrogens with one attached hydrogen (secondary N) is 2. The summed E-state index contributed by atoms with van der Waals surface area (Å²) in [6.07, 6.45) is 1.54. The third-order valence-corrected chi connectivity index (χ3v) is 8.77. The van der Waals surface area contributed by atoms with Crippen LogP contribution in [0.15, 0.2) is 42.6 Å². The number of benzene rings is 2. The van der Waals surface area contributed by atoms with Gasteiger partial charge in [0.05, 0.1) is 48.2 Å². The smallest absolute Gasteiger partial charge is 0.453 e. The van der Waals surface area contributed by atoms with E-state index in [4.69, 9.17) is 14.0 Å². The van der Waals surface area contributed by atoms with Crippen LogP contribution >= 0.6 is 0 Å². The number of nitrogens with zero attached hydrogens (tertiary/aromatic N) is 3. The molecule has 0 spiro atoms. The number of methoxy groups -OCH3 is 1. The Bertz CT molecular complexity index is 1530. The van der Waals surface area contributed by atoms with Crippen LogP contribution in [-0.4, -0.2) is 64.9 Å². The Morgan fingerprint density at radius 2 is 1.81 bits per heavy atom. The summed E-state index contributed by atoms with van der Waals surface area (Å²) in [6.45, 7) is 12.2. The number of rotatable bonds is 6. The number of ether oxygens (including phenoxy) is 1. The molecule has 1 aromatic heterocycles. The first kappa shape index (κ1) is 29.6. The van der Waals surface area contributed by atoms with Gasteiger partial charge in [-0.1, -0.05) is 44.2 Å². The molecule has 3 heterocycles. The number of alkyl carbamates (subject to hydrolysis) is 1. The van der Waals surface area contributed by atoms with E-state index < -0.39 is 36.5 Å². The Morgan fingerprint density at radius 3 is 2.45 bits per heavy atom. The fraction of sp³-hybridized carbons (Fsp3) is 0.484. The van der Waals surface area contributed by atoms with Crippen LogP contribution in [0.3, 0.4) is 0 Å². The van der Waals surface area contributed by atoms with Crippen molar-refractivity contribution in [2.24, 2.45) is 11.8 Å². The molecule has 0 unspecified atom stereocenters. The van der Waals surface area contributed by atoms with Gasteiger partial charge < -0.3 is 29.2 Å². The van der Waals surface area contributed by atoms with Gasteiger partial charge >= 0.3 is 13.2 Å². The number of hydrogen-bond donors (Lipinski definition) is 2. The molecular formula is C31H38BN5O5. The number of imidazole rings is 1. The van der Waals surface area contributed by atoms with Gasteiger partial charge in [-0.25, -0.2) is 9.78 Å². The van der Waals surface area contributed by atoms with Crippen LogP contribution in [0.5, 0.6) is 0 Å². The van der Waals surface area contributed by atoms with Crippen molar-refractivity contribution in [1.82, 2.24) is 20.2 Å². The molecule has 3 atom stereocenters. The number of likely N-dealkylation sites (tertiary alicyclic amines) is 1. The molecule has 3 aromatic rings. The minimum atomic E-state index is -0.783. The molecule has 2 aliphatic rings. The van der Waals surface area contributed by atoms with Crippen LogP contribution in [0.2, 0.25) is 0 Å². The maximum atomic E-state index is 13.6. The number of nitriles is 1. The molecule has 10 nitrogen and oxygen atoms in total. The van der Waals surface area contributed by atoms with E-state index in [1.807, 2.05) is 53.7 Å². The predicted octanol–water partition coefficient (Wildman–Crippen LogP) is 4.32. The van der Waals surface area contributed by atoms with E-state index in [-0.39, 0.29) is 24.3 Å². The van der Waals surface area contributed by atoms with Gasteiger partial charge in [-0.3, -0.25) is 4.79 Å². The maximum Gasteiger partial charge on any atom is 0.494 e. The van der Waals surface area contributed by atoms with E-state index in [0.717, 1.165) is 27.5 Å². The lowest BCUT2D eigenvalue weighted by Gasteiger charge is -2.32. The highest BCUT2D eigenvalue weighted by atomic mass is 16.7. The zero-order valence-corrected chi connectivity index (χ0v) is 25.2. The number of carbonyl (C=O) groups excluding carboxylic acids is 2. The normalized spacial score (nSPS) is 21.9. The van der Waals surface area contributed by atoms with E-state index in [1.54, 1.807) is 11.1 Å². The van der Waals surface area contributed by atoms with Gasteiger partial charge in [-0.05, 0) is 62.3 Å². The molecule has 2 N–H and O–H groups in total. The molecule has 42 heavy (non-hydrogen) atoms. The lowest BCUT2D eigenvalue weighted by Crippen LogP contribution is -2.51. The summed E-state index contributed by atoms with van der Waals surface area (Å²) in [7, 11) is 0.832. The zero-order chi connectivity index (χ0) is 30.4. The van der Waals surface area contributed by atoms with Crippen LogP contribution in [0.1, 0.15) is 59.8 Å². The molecule has 11 heteroatoms. The lowest BCUT2D eigenvalue weighted by molar-refractivity contribution is -0.135. The number of hydrogen-bond acceptors (Lipinski definition) is 7. The number of aromatic amines is 1.